The number of rotatable bonds is 3. The summed E-state index contributed by atoms with van der Waals surface area (Å²) in [6.45, 7) is 4.11. The van der Waals surface area contributed by atoms with Crippen LogP contribution in [0.5, 0.6) is 0 Å². The summed E-state index contributed by atoms with van der Waals surface area (Å²) >= 11 is 3.61. The van der Waals surface area contributed by atoms with E-state index in [2.05, 4.69) is 33.9 Å². The molecule has 0 aliphatic heterocycles. The van der Waals surface area contributed by atoms with E-state index >= 15 is 0 Å². The lowest BCUT2D eigenvalue weighted by Gasteiger charge is -2.23. The van der Waals surface area contributed by atoms with E-state index in [0.29, 0.717) is 12.8 Å². The number of carbonyl (C=O) groups is 1. The molecule has 1 aliphatic carbocycles. The third kappa shape index (κ3) is 1.67. The van der Waals surface area contributed by atoms with Crippen molar-refractivity contribution < 1.29 is 9.90 Å². The van der Waals surface area contributed by atoms with Crippen LogP contribution in [0.4, 0.5) is 0 Å². The average molecular weight is 336 g/mol. The number of aromatic nitrogens is 1. The molecule has 3 rings (SSSR count). The van der Waals surface area contributed by atoms with E-state index in [1.807, 2.05) is 13.0 Å². The maximum absolute atomic E-state index is 11.9. The minimum Gasteiger partial charge on any atom is -0.481 e. The molecule has 2 aromatic rings. The van der Waals surface area contributed by atoms with Gasteiger partial charge in [0, 0.05) is 21.1 Å². The number of aryl methyl sites for hydroxylation is 2. The zero-order chi connectivity index (χ0) is 14.5. The number of benzene rings is 1. The van der Waals surface area contributed by atoms with Gasteiger partial charge in [-0.25, -0.2) is 0 Å². The third-order valence-electron chi connectivity index (χ3n) is 4.58. The zero-order valence-electron chi connectivity index (χ0n) is 11.7. The molecule has 1 unspecified atom stereocenters. The van der Waals surface area contributed by atoms with Crippen LogP contribution in [0.15, 0.2) is 16.6 Å². The monoisotopic (exact) mass is 335 g/mol. The summed E-state index contributed by atoms with van der Waals surface area (Å²) in [5.74, 6) is -0.696. The molecule has 4 heteroatoms. The smallest absolute Gasteiger partial charge is 0.315 e. The van der Waals surface area contributed by atoms with Gasteiger partial charge in [0.1, 0.15) is 5.41 Å². The van der Waals surface area contributed by atoms with Gasteiger partial charge in [0.05, 0.1) is 0 Å². The molecule has 0 amide bonds. The number of carboxylic acids is 1. The first kappa shape index (κ1) is 13.7. The predicted octanol–water partition coefficient (Wildman–Crippen LogP) is 4.31. The van der Waals surface area contributed by atoms with E-state index in [9.17, 15) is 9.90 Å². The van der Waals surface area contributed by atoms with Crippen LogP contribution < -0.4 is 0 Å². The van der Waals surface area contributed by atoms with Crippen molar-refractivity contribution in [2.75, 3.05) is 0 Å². The number of carboxylic acid groups (broad SMARTS) is 1. The van der Waals surface area contributed by atoms with Crippen LogP contribution >= 0.6 is 15.9 Å². The molecule has 1 aliphatic rings. The van der Waals surface area contributed by atoms with Crippen LogP contribution in [0, 0.1) is 6.92 Å². The van der Waals surface area contributed by atoms with Crippen LogP contribution in [0.2, 0.25) is 0 Å². The van der Waals surface area contributed by atoms with E-state index in [-0.39, 0.29) is 0 Å². The number of aromatic amines is 1. The number of hydrogen-bond donors (Lipinski definition) is 2. The molecule has 20 heavy (non-hydrogen) atoms. The van der Waals surface area contributed by atoms with Crippen molar-refractivity contribution in [1.29, 1.82) is 0 Å². The summed E-state index contributed by atoms with van der Waals surface area (Å²) in [4.78, 5) is 15.3. The van der Waals surface area contributed by atoms with Crippen LogP contribution in [-0.2, 0) is 16.6 Å². The van der Waals surface area contributed by atoms with E-state index < -0.39 is 11.4 Å². The van der Waals surface area contributed by atoms with Crippen molar-refractivity contribution in [3.05, 3.63) is 33.4 Å². The second-order valence-electron chi connectivity index (χ2n) is 5.73. The van der Waals surface area contributed by atoms with Crippen molar-refractivity contribution in [2.24, 2.45) is 0 Å². The molecule has 0 saturated heterocycles. The molecule has 2 N–H and O–H groups in total. The molecule has 0 saturated carbocycles. The molecule has 0 spiro atoms. The van der Waals surface area contributed by atoms with Gasteiger partial charge in [-0.1, -0.05) is 35.3 Å². The molecule has 1 aromatic carbocycles. The fourth-order valence-electron chi connectivity index (χ4n) is 3.58. The van der Waals surface area contributed by atoms with Gasteiger partial charge in [0.2, 0.25) is 0 Å². The SMILES string of the molecule is CCCC1(C(=O)O)CCc2c1[nH]c1c(C)ccc(Br)c21. The fraction of sp³-hybridized carbons (Fsp3) is 0.438. The highest BCUT2D eigenvalue weighted by Gasteiger charge is 2.47. The maximum atomic E-state index is 11.9. The number of H-pyrrole nitrogens is 1. The zero-order valence-corrected chi connectivity index (χ0v) is 13.3. The van der Waals surface area contributed by atoms with E-state index in [0.717, 1.165) is 34.1 Å². The second-order valence-corrected chi connectivity index (χ2v) is 6.58. The van der Waals surface area contributed by atoms with Crippen molar-refractivity contribution >= 4 is 32.8 Å². The second kappa shape index (κ2) is 4.62. The van der Waals surface area contributed by atoms with Crippen LogP contribution in [0.1, 0.15) is 43.0 Å². The lowest BCUT2D eigenvalue weighted by molar-refractivity contribution is -0.144. The Labute approximate surface area is 126 Å². The van der Waals surface area contributed by atoms with Crippen LogP contribution in [0.3, 0.4) is 0 Å². The number of hydrogen-bond acceptors (Lipinski definition) is 1. The molecule has 1 aromatic heterocycles. The largest absolute Gasteiger partial charge is 0.481 e. The highest BCUT2D eigenvalue weighted by Crippen LogP contribution is 2.47. The van der Waals surface area contributed by atoms with Crippen molar-refractivity contribution in [3.63, 3.8) is 0 Å². The molecule has 0 radical (unpaired) electrons. The van der Waals surface area contributed by atoms with Gasteiger partial charge in [0.25, 0.3) is 0 Å². The Bertz CT molecular complexity index is 704. The summed E-state index contributed by atoms with van der Waals surface area (Å²) in [6, 6.07) is 4.10. The number of fused-ring (bicyclic) bond motifs is 3. The van der Waals surface area contributed by atoms with Crippen LogP contribution in [-0.4, -0.2) is 16.1 Å². The van der Waals surface area contributed by atoms with Gasteiger partial charge >= 0.3 is 5.97 Å². The Morgan fingerprint density at radius 1 is 1.50 bits per heavy atom. The first-order valence-corrected chi connectivity index (χ1v) is 7.84. The lowest BCUT2D eigenvalue weighted by Crippen LogP contribution is -2.33. The summed E-state index contributed by atoms with van der Waals surface area (Å²) in [7, 11) is 0. The molecule has 3 nitrogen and oxygen atoms in total. The van der Waals surface area contributed by atoms with Crippen molar-refractivity contribution in [3.8, 4) is 0 Å². The highest BCUT2D eigenvalue weighted by atomic mass is 79.9. The molecular formula is C16H18BrNO2. The minimum atomic E-state index is -0.727. The Morgan fingerprint density at radius 3 is 2.90 bits per heavy atom. The minimum absolute atomic E-state index is 0.693. The molecular weight excluding hydrogens is 318 g/mol. The predicted molar refractivity (Wildman–Crippen MR) is 83.3 cm³/mol. The van der Waals surface area contributed by atoms with Gasteiger partial charge in [-0.2, -0.15) is 0 Å². The Balaban J connectivity index is 2.32. The van der Waals surface area contributed by atoms with E-state index in [4.69, 9.17) is 0 Å². The summed E-state index contributed by atoms with van der Waals surface area (Å²) in [5, 5.41) is 10.9. The van der Waals surface area contributed by atoms with Gasteiger partial charge in [0.15, 0.2) is 0 Å². The van der Waals surface area contributed by atoms with Crippen molar-refractivity contribution in [2.45, 2.75) is 44.9 Å². The fourth-order valence-corrected chi connectivity index (χ4v) is 4.15. The van der Waals surface area contributed by atoms with Gasteiger partial charge < -0.3 is 10.1 Å². The van der Waals surface area contributed by atoms with Gasteiger partial charge in [-0.05, 0) is 43.4 Å². The van der Waals surface area contributed by atoms with Crippen LogP contribution in [0.25, 0.3) is 10.9 Å². The third-order valence-corrected chi connectivity index (χ3v) is 5.24. The highest BCUT2D eigenvalue weighted by molar-refractivity contribution is 9.10. The molecule has 106 valence electrons. The van der Waals surface area contributed by atoms with Gasteiger partial charge in [-0.15, -0.1) is 0 Å². The summed E-state index contributed by atoms with van der Waals surface area (Å²) < 4.78 is 1.05. The lowest BCUT2D eigenvalue weighted by atomic mass is 9.81. The Morgan fingerprint density at radius 2 is 2.25 bits per heavy atom. The standard InChI is InChI=1S/C16H18BrNO2/c1-3-7-16(15(19)20)8-6-10-12-11(17)5-4-9(2)13(12)18-14(10)16/h4-5,18H,3,6-8H2,1-2H3,(H,19,20). The first-order valence-electron chi connectivity index (χ1n) is 7.05. The number of nitrogens with one attached hydrogen (secondary N) is 1. The molecule has 0 bridgehead atoms. The number of aliphatic carboxylic acids is 1. The Hall–Kier alpha value is -1.29. The molecule has 1 atom stereocenters. The Kier molecular flexibility index (Phi) is 3.16. The topological polar surface area (TPSA) is 53.1 Å². The summed E-state index contributed by atoms with van der Waals surface area (Å²) in [6.07, 6.45) is 3.11. The van der Waals surface area contributed by atoms with Gasteiger partial charge in [-0.3, -0.25) is 4.79 Å². The average Bonchev–Trinajstić information content (AvgIpc) is 2.94. The number of halogens is 1. The van der Waals surface area contributed by atoms with Crippen molar-refractivity contribution in [1.82, 2.24) is 4.98 Å². The van der Waals surface area contributed by atoms with E-state index in [1.165, 1.54) is 10.9 Å². The first-order chi connectivity index (χ1) is 9.51. The van der Waals surface area contributed by atoms with E-state index in [1.54, 1.807) is 0 Å². The molecule has 0 fully saturated rings. The molecule has 1 heterocycles. The quantitative estimate of drug-likeness (QED) is 0.878. The summed E-state index contributed by atoms with van der Waals surface area (Å²) in [5.41, 5.74) is 3.62. The maximum Gasteiger partial charge on any atom is 0.315 e. The normalized spacial score (nSPS) is 21.4.